The van der Waals surface area contributed by atoms with Gasteiger partial charge in [0, 0.05) is 6.42 Å². The van der Waals surface area contributed by atoms with Crippen molar-refractivity contribution >= 4 is 17.2 Å². The Bertz CT molecular complexity index is 1210. The topological polar surface area (TPSA) is 111 Å². The van der Waals surface area contributed by atoms with Gasteiger partial charge in [0.1, 0.15) is 17.2 Å². The molecule has 0 unspecified atom stereocenters. The van der Waals surface area contributed by atoms with Gasteiger partial charge in [0.15, 0.2) is 0 Å². The molecule has 33 heavy (non-hydrogen) atoms. The molecule has 0 aliphatic carbocycles. The third-order valence-corrected chi connectivity index (χ3v) is 5.80. The maximum Gasteiger partial charge on any atom is 0.366 e. The minimum Gasteiger partial charge on any atom is -0.497 e. The fourth-order valence-electron chi connectivity index (χ4n) is 3.95. The molecule has 0 fully saturated rings. The maximum atomic E-state index is 13.3. The molecule has 2 N–H and O–H groups in total. The van der Waals surface area contributed by atoms with Crippen LogP contribution in [0, 0.1) is 0 Å². The quantitative estimate of drug-likeness (QED) is 0.512. The molecule has 0 spiro atoms. The van der Waals surface area contributed by atoms with Gasteiger partial charge in [0.05, 0.1) is 19.3 Å². The number of nitrogens with one attached hydrogen (secondary N) is 2. The molecule has 9 nitrogen and oxygen atoms in total. The zero-order valence-corrected chi connectivity index (χ0v) is 18.9. The van der Waals surface area contributed by atoms with Crippen LogP contribution in [0.25, 0.3) is 11.3 Å². The van der Waals surface area contributed by atoms with Crippen LogP contribution in [0.15, 0.2) is 53.3 Å². The molecule has 9 heteroatoms. The normalized spacial score (nSPS) is 18.2. The lowest BCUT2D eigenvalue weighted by Crippen LogP contribution is -2.49. The van der Waals surface area contributed by atoms with Gasteiger partial charge in [-0.15, -0.1) is 0 Å². The molecule has 1 aliphatic rings. The van der Waals surface area contributed by atoms with Crippen LogP contribution >= 0.6 is 0 Å². The summed E-state index contributed by atoms with van der Waals surface area (Å²) in [7, 11) is 1.59. The van der Waals surface area contributed by atoms with Crippen molar-refractivity contribution in [1.82, 2.24) is 25.5 Å². The number of amides is 1. The molecule has 1 aliphatic heterocycles. The number of hydrogen-bond donors (Lipinski definition) is 2. The number of rotatable bonds is 8. The van der Waals surface area contributed by atoms with E-state index in [9.17, 15) is 9.59 Å². The van der Waals surface area contributed by atoms with Gasteiger partial charge >= 0.3 is 5.69 Å². The Morgan fingerprint density at radius 1 is 1.06 bits per heavy atom. The van der Waals surface area contributed by atoms with Crippen molar-refractivity contribution in [3.8, 4) is 11.5 Å². The lowest BCUT2D eigenvalue weighted by Gasteiger charge is -2.37. The van der Waals surface area contributed by atoms with Crippen LogP contribution in [0.2, 0.25) is 0 Å². The SMILES string of the molecule is CCCCOc1ccc([C@]2(C)CC(c3ccc(OC)cc3)=C(n3nn[nH]c3=O)C(=O)N2)cc1. The van der Waals surface area contributed by atoms with Crippen molar-refractivity contribution in [2.45, 2.75) is 38.6 Å². The van der Waals surface area contributed by atoms with E-state index in [1.54, 1.807) is 7.11 Å². The Morgan fingerprint density at radius 2 is 1.76 bits per heavy atom. The van der Waals surface area contributed by atoms with E-state index in [0.29, 0.717) is 24.4 Å². The molecule has 172 valence electrons. The number of ether oxygens (including phenoxy) is 2. The summed E-state index contributed by atoms with van der Waals surface area (Å²) in [4.78, 5) is 25.6. The van der Waals surface area contributed by atoms with Crippen LogP contribution in [-0.2, 0) is 10.3 Å². The molecule has 3 aromatic rings. The molecule has 1 aromatic heterocycles. The van der Waals surface area contributed by atoms with E-state index < -0.39 is 17.1 Å². The van der Waals surface area contributed by atoms with Crippen molar-refractivity contribution in [3.05, 3.63) is 70.1 Å². The summed E-state index contributed by atoms with van der Waals surface area (Å²) < 4.78 is 12.0. The summed E-state index contributed by atoms with van der Waals surface area (Å²) in [5.41, 5.74) is 1.27. The first-order valence-electron chi connectivity index (χ1n) is 10.9. The molecule has 1 atom stereocenters. The Hall–Kier alpha value is -3.88. The first-order chi connectivity index (χ1) is 15.9. The predicted molar refractivity (Wildman–Crippen MR) is 124 cm³/mol. The maximum absolute atomic E-state index is 13.3. The average Bonchev–Trinajstić information content (AvgIpc) is 3.24. The monoisotopic (exact) mass is 449 g/mol. The summed E-state index contributed by atoms with van der Waals surface area (Å²) >= 11 is 0. The molecule has 0 bridgehead atoms. The Kier molecular flexibility index (Phi) is 6.30. The number of tetrazole rings is 1. The highest BCUT2D eigenvalue weighted by Crippen LogP contribution is 2.40. The highest BCUT2D eigenvalue weighted by atomic mass is 16.5. The number of aromatic nitrogens is 4. The van der Waals surface area contributed by atoms with E-state index in [0.717, 1.165) is 34.4 Å². The Morgan fingerprint density at radius 3 is 2.36 bits per heavy atom. The van der Waals surface area contributed by atoms with Crippen LogP contribution < -0.4 is 20.5 Å². The summed E-state index contributed by atoms with van der Waals surface area (Å²) in [6.45, 7) is 4.75. The standard InChI is InChI=1S/C24H27N5O4/c1-4-5-14-33-19-12-8-17(9-13-19)24(2)15-20(16-6-10-18(32-3)11-7-16)21(22(30)25-24)29-23(31)26-27-28-29/h6-13H,4-5,14-15H2,1-3H3,(H,25,30)(H,26,28,31)/t24-/m0/s1. The summed E-state index contributed by atoms with van der Waals surface area (Å²) in [5, 5.41) is 12.7. The summed E-state index contributed by atoms with van der Waals surface area (Å²) in [6, 6.07) is 15.1. The third-order valence-electron chi connectivity index (χ3n) is 5.80. The van der Waals surface area contributed by atoms with Gasteiger partial charge < -0.3 is 14.8 Å². The van der Waals surface area contributed by atoms with E-state index in [1.165, 1.54) is 0 Å². The smallest absolute Gasteiger partial charge is 0.366 e. The zero-order valence-electron chi connectivity index (χ0n) is 18.9. The van der Waals surface area contributed by atoms with Crippen molar-refractivity contribution in [2.24, 2.45) is 0 Å². The van der Waals surface area contributed by atoms with E-state index in [4.69, 9.17) is 9.47 Å². The van der Waals surface area contributed by atoms with Crippen molar-refractivity contribution in [2.75, 3.05) is 13.7 Å². The minimum absolute atomic E-state index is 0.149. The molecule has 0 radical (unpaired) electrons. The van der Waals surface area contributed by atoms with Crippen LogP contribution in [0.4, 0.5) is 0 Å². The second kappa shape index (κ2) is 9.32. The highest BCUT2D eigenvalue weighted by molar-refractivity contribution is 6.22. The minimum atomic E-state index is -0.703. The Labute approximate surface area is 191 Å². The third kappa shape index (κ3) is 4.52. The number of unbranched alkanes of at least 4 members (excludes halogenated alkanes) is 1. The number of benzene rings is 2. The van der Waals surface area contributed by atoms with Crippen LogP contribution in [0.3, 0.4) is 0 Å². The first kappa shape index (κ1) is 22.3. The van der Waals surface area contributed by atoms with Gasteiger partial charge in [0.2, 0.25) is 0 Å². The molecule has 1 amide bonds. The number of H-pyrrole nitrogens is 1. The van der Waals surface area contributed by atoms with Crippen LogP contribution in [0.1, 0.15) is 44.2 Å². The number of hydrogen-bond acceptors (Lipinski definition) is 6. The number of carbonyl (C=O) groups is 1. The van der Waals surface area contributed by atoms with E-state index in [-0.39, 0.29) is 5.70 Å². The van der Waals surface area contributed by atoms with E-state index >= 15 is 0 Å². The van der Waals surface area contributed by atoms with Crippen LogP contribution in [0.5, 0.6) is 11.5 Å². The lowest BCUT2D eigenvalue weighted by molar-refractivity contribution is -0.118. The summed E-state index contributed by atoms with van der Waals surface area (Å²) in [6.07, 6.45) is 2.51. The average molecular weight is 450 g/mol. The van der Waals surface area contributed by atoms with Crippen LogP contribution in [-0.4, -0.2) is 39.8 Å². The number of aromatic amines is 1. The molecule has 2 aromatic carbocycles. The van der Waals surface area contributed by atoms with Gasteiger partial charge in [-0.05, 0) is 64.7 Å². The highest BCUT2D eigenvalue weighted by Gasteiger charge is 2.39. The van der Waals surface area contributed by atoms with Crippen molar-refractivity contribution in [1.29, 1.82) is 0 Å². The largest absolute Gasteiger partial charge is 0.497 e. The van der Waals surface area contributed by atoms with Crippen molar-refractivity contribution < 1.29 is 14.3 Å². The summed E-state index contributed by atoms with van der Waals surface area (Å²) in [5.74, 6) is 1.08. The Balaban J connectivity index is 1.74. The fourth-order valence-corrected chi connectivity index (χ4v) is 3.95. The number of methoxy groups -OCH3 is 1. The molecule has 2 heterocycles. The number of nitrogens with zero attached hydrogens (tertiary/aromatic N) is 3. The molecule has 0 saturated heterocycles. The first-order valence-corrected chi connectivity index (χ1v) is 10.9. The van der Waals surface area contributed by atoms with E-state index in [2.05, 4.69) is 27.8 Å². The van der Waals surface area contributed by atoms with Gasteiger partial charge in [-0.25, -0.2) is 9.89 Å². The van der Waals surface area contributed by atoms with Gasteiger partial charge in [0.25, 0.3) is 5.91 Å². The molecule has 0 saturated carbocycles. The molecule has 4 rings (SSSR count). The van der Waals surface area contributed by atoms with E-state index in [1.807, 2.05) is 55.5 Å². The molecular weight excluding hydrogens is 422 g/mol. The lowest BCUT2D eigenvalue weighted by atomic mass is 9.80. The second-order valence-electron chi connectivity index (χ2n) is 8.16. The van der Waals surface area contributed by atoms with Gasteiger partial charge in [-0.1, -0.05) is 37.6 Å². The second-order valence-corrected chi connectivity index (χ2v) is 8.16. The predicted octanol–water partition coefficient (Wildman–Crippen LogP) is 2.96. The fraction of sp³-hybridized carbons (Fsp3) is 0.333. The zero-order chi connectivity index (χ0) is 23.4. The van der Waals surface area contributed by atoms with Gasteiger partial charge in [-0.3, -0.25) is 4.79 Å². The molecular formula is C24H27N5O4. The van der Waals surface area contributed by atoms with Gasteiger partial charge in [-0.2, -0.15) is 4.68 Å². The number of carbonyl (C=O) groups excluding carboxylic acids is 1. The van der Waals surface area contributed by atoms with Crippen molar-refractivity contribution in [3.63, 3.8) is 0 Å².